The Labute approximate surface area is 266 Å². The first-order valence-corrected chi connectivity index (χ1v) is 14.7. The zero-order valence-corrected chi connectivity index (χ0v) is 26.2. The van der Waals surface area contributed by atoms with Gasteiger partial charge in [-0.15, -0.1) is 0 Å². The van der Waals surface area contributed by atoms with Crippen molar-refractivity contribution < 1.29 is 47.7 Å². The van der Waals surface area contributed by atoms with Crippen LogP contribution in [0.2, 0.25) is 0 Å². The second kappa shape index (κ2) is 15.2. The highest BCUT2D eigenvalue weighted by molar-refractivity contribution is 6.00. The van der Waals surface area contributed by atoms with Crippen molar-refractivity contribution in [1.29, 1.82) is 0 Å². The molecule has 1 amide bonds. The van der Waals surface area contributed by atoms with Gasteiger partial charge in [-0.1, -0.05) is 62.4 Å². The molecule has 0 aliphatic carbocycles. The fourth-order valence-electron chi connectivity index (χ4n) is 4.78. The summed E-state index contributed by atoms with van der Waals surface area (Å²) in [6.07, 6.45) is -0.856. The summed E-state index contributed by atoms with van der Waals surface area (Å²) in [5, 5.41) is 2.47. The Kier molecular flexibility index (Phi) is 11.1. The number of cyclic esters (lactones) is 2. The van der Waals surface area contributed by atoms with Crippen LogP contribution in [0, 0.1) is 18.8 Å². The number of hydrogen-bond donors (Lipinski definition) is 1. The molecule has 1 aliphatic rings. The number of rotatable bonds is 9. The van der Waals surface area contributed by atoms with Crippen LogP contribution < -0.4 is 14.8 Å². The highest BCUT2D eigenvalue weighted by Crippen LogP contribution is 2.31. The predicted octanol–water partition coefficient (Wildman–Crippen LogP) is 3.63. The van der Waals surface area contributed by atoms with Crippen LogP contribution in [0.1, 0.15) is 52.7 Å². The monoisotopic (exact) mass is 632 g/mol. The summed E-state index contributed by atoms with van der Waals surface area (Å²) in [6, 6.07) is 15.7. The molecule has 0 saturated carbocycles. The number of aromatic nitrogens is 1. The minimum atomic E-state index is -1.48. The maximum atomic E-state index is 13.5. The van der Waals surface area contributed by atoms with Crippen LogP contribution in [0.15, 0.2) is 66.9 Å². The van der Waals surface area contributed by atoms with E-state index in [2.05, 4.69) is 10.3 Å². The van der Waals surface area contributed by atoms with Crippen molar-refractivity contribution in [2.75, 3.05) is 13.7 Å². The van der Waals surface area contributed by atoms with E-state index >= 15 is 0 Å². The third kappa shape index (κ3) is 8.06. The number of carbonyl (C=O) groups is 5. The van der Waals surface area contributed by atoms with Crippen molar-refractivity contribution in [3.8, 4) is 11.5 Å². The molecular formula is C34H36N2O10. The Balaban J connectivity index is 1.60. The molecule has 12 heteroatoms. The summed E-state index contributed by atoms with van der Waals surface area (Å²) >= 11 is 0. The van der Waals surface area contributed by atoms with E-state index in [0.717, 1.165) is 5.56 Å². The molecule has 46 heavy (non-hydrogen) atoms. The second-order valence-corrected chi connectivity index (χ2v) is 11.0. The lowest BCUT2D eigenvalue weighted by atomic mass is 9.91. The predicted molar refractivity (Wildman–Crippen MR) is 163 cm³/mol. The number of amides is 1. The van der Waals surface area contributed by atoms with Crippen LogP contribution in [0.4, 0.5) is 0 Å². The second-order valence-electron chi connectivity index (χ2n) is 11.0. The fraction of sp³-hybridized carbons (Fsp3) is 0.353. The van der Waals surface area contributed by atoms with Gasteiger partial charge < -0.3 is 29.0 Å². The molecule has 1 aromatic heterocycles. The third-order valence-electron chi connectivity index (χ3n) is 7.33. The van der Waals surface area contributed by atoms with Gasteiger partial charge in [0.25, 0.3) is 5.91 Å². The molecular weight excluding hydrogens is 596 g/mol. The number of nitrogens with one attached hydrogen (secondary N) is 1. The first-order valence-electron chi connectivity index (χ1n) is 14.7. The summed E-state index contributed by atoms with van der Waals surface area (Å²) in [7, 11) is 1.33. The van der Waals surface area contributed by atoms with E-state index in [1.165, 1.54) is 26.3 Å². The Bertz CT molecular complexity index is 1590. The smallest absolute Gasteiger partial charge is 0.344 e. The van der Waals surface area contributed by atoms with Crippen molar-refractivity contribution in [1.82, 2.24) is 10.3 Å². The standard InChI is InChI=1S/C34H36N2O10/c1-19(2)31(38)45-28-21(4)44-34(41)25(18-43-32(39)24(28)17-22-12-7-6-8-13-22)36-30(37)27-29(26(42-5)15-16-35-27)46-33(40)23-14-10-9-11-20(23)3/h6-16,19,21,24-25,28H,17-18H2,1-5H3,(H,36,37). The number of benzene rings is 2. The highest BCUT2D eigenvalue weighted by Gasteiger charge is 2.42. The summed E-state index contributed by atoms with van der Waals surface area (Å²) in [5.41, 5.74) is 1.32. The molecule has 2 heterocycles. The van der Waals surface area contributed by atoms with E-state index < -0.39 is 66.5 Å². The molecule has 3 aromatic rings. The van der Waals surface area contributed by atoms with Crippen LogP contribution in [-0.2, 0) is 35.0 Å². The maximum Gasteiger partial charge on any atom is 0.344 e. The van der Waals surface area contributed by atoms with Gasteiger partial charge in [-0.05, 0) is 37.5 Å². The Morgan fingerprint density at radius 1 is 1.00 bits per heavy atom. The molecule has 0 bridgehead atoms. The van der Waals surface area contributed by atoms with Gasteiger partial charge in [-0.2, -0.15) is 0 Å². The number of nitrogens with zero attached hydrogens (tertiary/aromatic N) is 1. The first kappa shape index (κ1) is 33.6. The summed E-state index contributed by atoms with van der Waals surface area (Å²) in [5.74, 6) is -5.73. The lowest BCUT2D eigenvalue weighted by Crippen LogP contribution is -2.47. The van der Waals surface area contributed by atoms with E-state index in [1.54, 1.807) is 57.2 Å². The summed E-state index contributed by atoms with van der Waals surface area (Å²) < 4.78 is 27.8. The average Bonchev–Trinajstić information content (AvgIpc) is 3.07. The summed E-state index contributed by atoms with van der Waals surface area (Å²) in [6.45, 7) is 5.92. The average molecular weight is 633 g/mol. The van der Waals surface area contributed by atoms with Crippen LogP contribution in [0.5, 0.6) is 11.5 Å². The zero-order chi connectivity index (χ0) is 33.4. The molecule has 1 aliphatic heterocycles. The minimum Gasteiger partial charge on any atom is -0.493 e. The van der Waals surface area contributed by atoms with Crippen molar-refractivity contribution in [3.05, 3.63) is 89.2 Å². The van der Waals surface area contributed by atoms with E-state index in [1.807, 2.05) is 18.2 Å². The van der Waals surface area contributed by atoms with Gasteiger partial charge in [0.2, 0.25) is 5.75 Å². The summed E-state index contributed by atoms with van der Waals surface area (Å²) in [4.78, 5) is 70.1. The fourth-order valence-corrected chi connectivity index (χ4v) is 4.78. The molecule has 0 spiro atoms. The molecule has 2 aromatic carbocycles. The van der Waals surface area contributed by atoms with Crippen molar-refractivity contribution in [2.45, 2.75) is 52.4 Å². The number of esters is 4. The van der Waals surface area contributed by atoms with E-state index in [-0.39, 0.29) is 29.2 Å². The van der Waals surface area contributed by atoms with Gasteiger partial charge in [0.1, 0.15) is 18.6 Å². The molecule has 4 unspecified atom stereocenters. The molecule has 1 N–H and O–H groups in total. The van der Waals surface area contributed by atoms with Gasteiger partial charge in [0, 0.05) is 12.3 Å². The lowest BCUT2D eigenvalue weighted by Gasteiger charge is -2.29. The van der Waals surface area contributed by atoms with E-state index in [4.69, 9.17) is 23.7 Å². The van der Waals surface area contributed by atoms with Crippen LogP contribution in [0.3, 0.4) is 0 Å². The minimum absolute atomic E-state index is 0.0396. The number of pyridine rings is 1. The number of ether oxygens (including phenoxy) is 5. The van der Waals surface area contributed by atoms with Crippen molar-refractivity contribution in [3.63, 3.8) is 0 Å². The van der Waals surface area contributed by atoms with Crippen molar-refractivity contribution in [2.24, 2.45) is 11.8 Å². The molecule has 12 nitrogen and oxygen atoms in total. The van der Waals surface area contributed by atoms with Crippen molar-refractivity contribution >= 4 is 29.8 Å². The Morgan fingerprint density at radius 2 is 1.70 bits per heavy atom. The van der Waals surface area contributed by atoms with Gasteiger partial charge in [0.15, 0.2) is 23.6 Å². The topological polar surface area (TPSA) is 156 Å². The molecule has 242 valence electrons. The highest BCUT2D eigenvalue weighted by atomic mass is 16.6. The van der Waals surface area contributed by atoms with Gasteiger partial charge in [0.05, 0.1) is 18.6 Å². The first-order chi connectivity index (χ1) is 22.0. The number of hydrogen-bond acceptors (Lipinski definition) is 11. The number of aryl methyl sites for hydroxylation is 1. The SMILES string of the molecule is COc1ccnc(C(=O)NC2COC(=O)C(Cc3ccccc3)C(OC(=O)C(C)C)C(C)OC2=O)c1OC(=O)c1ccccc1C. The van der Waals surface area contributed by atoms with Crippen LogP contribution in [0.25, 0.3) is 0 Å². The van der Waals surface area contributed by atoms with Gasteiger partial charge >= 0.3 is 23.9 Å². The van der Waals surface area contributed by atoms with E-state index in [0.29, 0.717) is 5.56 Å². The quantitative estimate of drug-likeness (QED) is 0.271. The zero-order valence-electron chi connectivity index (χ0n) is 26.2. The molecule has 0 radical (unpaired) electrons. The van der Waals surface area contributed by atoms with Crippen LogP contribution in [-0.4, -0.2) is 66.7 Å². The largest absolute Gasteiger partial charge is 0.493 e. The molecule has 1 saturated heterocycles. The Hall–Kier alpha value is -5.26. The normalized spacial score (nSPS) is 19.9. The number of methoxy groups -OCH3 is 1. The van der Waals surface area contributed by atoms with Gasteiger partial charge in [-0.25, -0.2) is 14.6 Å². The van der Waals surface area contributed by atoms with E-state index in [9.17, 15) is 24.0 Å². The number of carbonyl (C=O) groups excluding carboxylic acids is 5. The maximum absolute atomic E-state index is 13.5. The molecule has 1 fully saturated rings. The molecule has 4 rings (SSSR count). The van der Waals surface area contributed by atoms with Gasteiger partial charge in [-0.3, -0.25) is 14.4 Å². The Morgan fingerprint density at radius 3 is 2.37 bits per heavy atom. The molecule has 4 atom stereocenters. The lowest BCUT2D eigenvalue weighted by molar-refractivity contribution is -0.176. The third-order valence-corrected chi connectivity index (χ3v) is 7.33. The van der Waals surface area contributed by atoms with Crippen LogP contribution >= 0.6 is 0 Å².